The van der Waals surface area contributed by atoms with Crippen molar-refractivity contribution in [3.63, 3.8) is 0 Å². The number of rotatable bonds is 5. The highest BCUT2D eigenvalue weighted by atomic mass is 32.1. The topological polar surface area (TPSA) is 24.9 Å². The summed E-state index contributed by atoms with van der Waals surface area (Å²) in [5, 5.41) is 6.57. The van der Waals surface area contributed by atoms with Crippen molar-refractivity contribution in [2.45, 2.75) is 33.2 Å². The van der Waals surface area contributed by atoms with Gasteiger partial charge in [-0.05, 0) is 43.7 Å². The predicted octanol–water partition coefficient (Wildman–Crippen LogP) is 3.79. The van der Waals surface area contributed by atoms with Crippen molar-refractivity contribution >= 4 is 11.3 Å². The van der Waals surface area contributed by atoms with E-state index in [2.05, 4.69) is 22.6 Å². The maximum atomic E-state index is 13.4. The minimum absolute atomic E-state index is 0.117. The summed E-state index contributed by atoms with van der Waals surface area (Å²) in [5.74, 6) is -0.182. The van der Waals surface area contributed by atoms with Crippen LogP contribution in [-0.4, -0.2) is 11.5 Å². The van der Waals surface area contributed by atoms with Crippen molar-refractivity contribution in [1.29, 1.82) is 0 Å². The molecule has 0 fully saturated rings. The van der Waals surface area contributed by atoms with Gasteiger partial charge in [0.15, 0.2) is 0 Å². The Kier molecular flexibility index (Phi) is 4.66. The molecular formula is C15H19FN2S. The van der Waals surface area contributed by atoms with Gasteiger partial charge in [0.05, 0.1) is 5.01 Å². The predicted molar refractivity (Wildman–Crippen MR) is 78.1 cm³/mol. The number of aryl methyl sites for hydroxylation is 2. The lowest BCUT2D eigenvalue weighted by atomic mass is 9.98. The third-order valence-corrected chi connectivity index (χ3v) is 4.10. The van der Waals surface area contributed by atoms with Gasteiger partial charge in [0.2, 0.25) is 0 Å². The minimum atomic E-state index is -0.182. The number of aromatic nitrogens is 1. The molecule has 0 saturated heterocycles. The number of nitrogens with zero attached hydrogens (tertiary/aromatic N) is 1. The van der Waals surface area contributed by atoms with E-state index in [9.17, 15) is 4.39 Å². The van der Waals surface area contributed by atoms with Gasteiger partial charge in [0, 0.05) is 23.5 Å². The van der Waals surface area contributed by atoms with Crippen molar-refractivity contribution < 1.29 is 4.39 Å². The molecule has 0 amide bonds. The molecular weight excluding hydrogens is 259 g/mol. The largest absolute Gasteiger partial charge is 0.310 e. The van der Waals surface area contributed by atoms with Crippen molar-refractivity contribution in [1.82, 2.24) is 10.3 Å². The summed E-state index contributed by atoms with van der Waals surface area (Å²) in [6, 6.07) is 5.09. The van der Waals surface area contributed by atoms with Crippen LogP contribution in [0.4, 0.5) is 4.39 Å². The van der Waals surface area contributed by atoms with Gasteiger partial charge in [-0.25, -0.2) is 9.37 Å². The van der Waals surface area contributed by atoms with Gasteiger partial charge >= 0.3 is 0 Å². The molecule has 2 rings (SSSR count). The van der Waals surface area contributed by atoms with E-state index in [-0.39, 0.29) is 11.9 Å². The third-order valence-electron chi connectivity index (χ3n) is 3.11. The fraction of sp³-hybridized carbons (Fsp3) is 0.400. The molecule has 0 aliphatic heterocycles. The molecule has 0 saturated carbocycles. The highest BCUT2D eigenvalue weighted by molar-refractivity contribution is 7.09. The van der Waals surface area contributed by atoms with Gasteiger partial charge in [0.1, 0.15) is 5.82 Å². The molecule has 0 aliphatic carbocycles. The third kappa shape index (κ3) is 3.61. The molecule has 4 heteroatoms. The van der Waals surface area contributed by atoms with Gasteiger partial charge in [-0.2, -0.15) is 0 Å². The normalized spacial score (nSPS) is 12.6. The number of likely N-dealkylation sites (N-methyl/N-ethyl adjacent to an activating group) is 1. The smallest absolute Gasteiger partial charge is 0.123 e. The summed E-state index contributed by atoms with van der Waals surface area (Å²) in [5.41, 5.74) is 3.18. The van der Waals surface area contributed by atoms with E-state index in [0.29, 0.717) is 0 Å². The van der Waals surface area contributed by atoms with Crippen molar-refractivity contribution in [3.05, 3.63) is 51.2 Å². The zero-order valence-corrected chi connectivity index (χ0v) is 12.4. The van der Waals surface area contributed by atoms with Crippen LogP contribution < -0.4 is 5.32 Å². The average molecular weight is 278 g/mol. The summed E-state index contributed by atoms with van der Waals surface area (Å²) in [7, 11) is 0. The molecule has 0 spiro atoms. The number of halogens is 1. The van der Waals surface area contributed by atoms with Gasteiger partial charge in [-0.1, -0.05) is 13.0 Å². The van der Waals surface area contributed by atoms with Crippen molar-refractivity contribution in [3.8, 4) is 0 Å². The molecule has 1 unspecified atom stereocenters. The Bertz CT molecular complexity index is 551. The van der Waals surface area contributed by atoms with E-state index in [1.54, 1.807) is 17.4 Å². The van der Waals surface area contributed by atoms with Crippen LogP contribution in [0.1, 0.15) is 34.8 Å². The standard InChI is InChI=1S/C15H19FN2S/c1-4-17-14(8-15-18-11(3)9-19-15)13-7-12(16)6-5-10(13)2/h5-7,9,14,17H,4,8H2,1-3H3. The molecule has 0 bridgehead atoms. The lowest BCUT2D eigenvalue weighted by molar-refractivity contribution is 0.539. The lowest BCUT2D eigenvalue weighted by Gasteiger charge is -2.19. The van der Waals surface area contributed by atoms with E-state index < -0.39 is 0 Å². The van der Waals surface area contributed by atoms with Crippen LogP contribution in [-0.2, 0) is 6.42 Å². The second-order valence-electron chi connectivity index (χ2n) is 4.70. The molecule has 1 heterocycles. The first-order chi connectivity index (χ1) is 9.10. The fourth-order valence-corrected chi connectivity index (χ4v) is 3.02. The van der Waals surface area contributed by atoms with E-state index in [0.717, 1.165) is 34.8 Å². The maximum Gasteiger partial charge on any atom is 0.123 e. The molecule has 0 radical (unpaired) electrons. The van der Waals surface area contributed by atoms with Gasteiger partial charge in [-0.15, -0.1) is 11.3 Å². The molecule has 1 atom stereocenters. The summed E-state index contributed by atoms with van der Waals surface area (Å²) in [6.45, 7) is 6.93. The average Bonchev–Trinajstić information content (AvgIpc) is 2.77. The molecule has 1 aromatic heterocycles. The Balaban J connectivity index is 2.26. The Hall–Kier alpha value is -1.26. The molecule has 2 nitrogen and oxygen atoms in total. The maximum absolute atomic E-state index is 13.4. The number of benzene rings is 1. The Morgan fingerprint density at radius 3 is 2.79 bits per heavy atom. The molecule has 19 heavy (non-hydrogen) atoms. The van der Waals surface area contributed by atoms with Crippen LogP contribution in [0.2, 0.25) is 0 Å². The number of hydrogen-bond donors (Lipinski definition) is 1. The SMILES string of the molecule is CCNC(Cc1nc(C)cs1)c1cc(F)ccc1C. The summed E-state index contributed by atoms with van der Waals surface area (Å²) in [4.78, 5) is 4.50. The summed E-state index contributed by atoms with van der Waals surface area (Å²) in [6.07, 6.45) is 0.802. The van der Waals surface area contributed by atoms with Crippen LogP contribution in [0.25, 0.3) is 0 Å². The highest BCUT2D eigenvalue weighted by Gasteiger charge is 2.16. The second kappa shape index (κ2) is 6.26. The quantitative estimate of drug-likeness (QED) is 0.900. The zero-order valence-electron chi connectivity index (χ0n) is 11.5. The van der Waals surface area contributed by atoms with Crippen molar-refractivity contribution in [2.75, 3.05) is 6.54 Å². The van der Waals surface area contributed by atoms with E-state index in [1.807, 2.05) is 19.9 Å². The van der Waals surface area contributed by atoms with Gasteiger partial charge < -0.3 is 5.32 Å². The van der Waals surface area contributed by atoms with E-state index in [1.165, 1.54) is 6.07 Å². The second-order valence-corrected chi connectivity index (χ2v) is 5.64. The molecule has 2 aromatic rings. The van der Waals surface area contributed by atoms with Crippen LogP contribution >= 0.6 is 11.3 Å². The number of thiazole rings is 1. The molecule has 0 aliphatic rings. The molecule has 1 N–H and O–H groups in total. The summed E-state index contributed by atoms with van der Waals surface area (Å²) < 4.78 is 13.4. The van der Waals surface area contributed by atoms with E-state index >= 15 is 0 Å². The van der Waals surface area contributed by atoms with Crippen molar-refractivity contribution in [2.24, 2.45) is 0 Å². The first kappa shape index (κ1) is 14.2. The van der Waals surface area contributed by atoms with Crippen LogP contribution in [0.3, 0.4) is 0 Å². The van der Waals surface area contributed by atoms with Crippen LogP contribution in [0.5, 0.6) is 0 Å². The highest BCUT2D eigenvalue weighted by Crippen LogP contribution is 2.24. The van der Waals surface area contributed by atoms with Gasteiger partial charge in [0.25, 0.3) is 0 Å². The lowest BCUT2D eigenvalue weighted by Crippen LogP contribution is -2.23. The first-order valence-corrected chi connectivity index (χ1v) is 7.38. The monoisotopic (exact) mass is 278 g/mol. The first-order valence-electron chi connectivity index (χ1n) is 6.50. The number of hydrogen-bond acceptors (Lipinski definition) is 3. The Morgan fingerprint density at radius 1 is 1.37 bits per heavy atom. The van der Waals surface area contributed by atoms with Gasteiger partial charge in [-0.3, -0.25) is 0 Å². The minimum Gasteiger partial charge on any atom is -0.310 e. The fourth-order valence-electron chi connectivity index (χ4n) is 2.20. The number of nitrogens with one attached hydrogen (secondary N) is 1. The zero-order chi connectivity index (χ0) is 13.8. The van der Waals surface area contributed by atoms with Crippen LogP contribution in [0, 0.1) is 19.7 Å². The molecule has 102 valence electrons. The summed E-state index contributed by atoms with van der Waals surface area (Å²) >= 11 is 1.66. The Labute approximate surface area is 117 Å². The molecule has 1 aromatic carbocycles. The Morgan fingerprint density at radius 2 is 2.16 bits per heavy atom. The van der Waals surface area contributed by atoms with Crippen LogP contribution in [0.15, 0.2) is 23.6 Å². The van der Waals surface area contributed by atoms with E-state index in [4.69, 9.17) is 0 Å².